The second kappa shape index (κ2) is 8.18. The van der Waals surface area contributed by atoms with Gasteiger partial charge in [-0.3, -0.25) is 9.69 Å². The van der Waals surface area contributed by atoms with Crippen LogP contribution in [0.2, 0.25) is 0 Å². The van der Waals surface area contributed by atoms with Crippen LogP contribution < -0.4 is 5.32 Å². The molecular formula is C20H30N4O2. The van der Waals surface area contributed by atoms with Gasteiger partial charge >= 0.3 is 0 Å². The largest absolute Gasteiger partial charge is 0.377 e. The minimum atomic E-state index is -0.0254. The molecule has 0 spiro atoms. The quantitative estimate of drug-likeness (QED) is 0.826. The molecule has 1 aliphatic rings. The van der Waals surface area contributed by atoms with Crippen LogP contribution in [0.25, 0.3) is 11.0 Å². The van der Waals surface area contributed by atoms with Crippen molar-refractivity contribution in [2.75, 3.05) is 26.7 Å². The molecular weight excluding hydrogens is 328 g/mol. The number of likely N-dealkylation sites (tertiary alicyclic amines) is 1. The van der Waals surface area contributed by atoms with Crippen molar-refractivity contribution in [3.63, 3.8) is 0 Å². The highest BCUT2D eigenvalue weighted by atomic mass is 16.5. The minimum absolute atomic E-state index is 0.00981. The van der Waals surface area contributed by atoms with Crippen LogP contribution >= 0.6 is 0 Å². The predicted molar refractivity (Wildman–Crippen MR) is 103 cm³/mol. The van der Waals surface area contributed by atoms with E-state index in [1.165, 1.54) is 19.3 Å². The number of carbonyl (C=O) groups excluding carboxylic acids is 1. The Balaban J connectivity index is 1.66. The SMILES string of the molecule is COCc1nc2ccccc2n1CC(=O)NCC(C)(C)N1CCCCC1. The molecule has 6 heteroatoms. The van der Waals surface area contributed by atoms with E-state index in [2.05, 4.69) is 29.0 Å². The normalized spacial score (nSPS) is 16.1. The summed E-state index contributed by atoms with van der Waals surface area (Å²) in [6.45, 7) is 7.96. The van der Waals surface area contributed by atoms with Gasteiger partial charge in [0.1, 0.15) is 19.0 Å². The van der Waals surface area contributed by atoms with E-state index in [1.54, 1.807) is 7.11 Å². The predicted octanol–water partition coefficient (Wildman–Crippen LogP) is 2.56. The van der Waals surface area contributed by atoms with Gasteiger partial charge in [-0.15, -0.1) is 0 Å². The Bertz CT molecular complexity index is 747. The van der Waals surface area contributed by atoms with Crippen LogP contribution in [0.15, 0.2) is 24.3 Å². The first-order chi connectivity index (χ1) is 12.5. The Labute approximate surface area is 155 Å². The van der Waals surface area contributed by atoms with Crippen molar-refractivity contribution in [1.29, 1.82) is 0 Å². The summed E-state index contributed by atoms with van der Waals surface area (Å²) < 4.78 is 7.20. The topological polar surface area (TPSA) is 59.4 Å². The maximum Gasteiger partial charge on any atom is 0.240 e. The van der Waals surface area contributed by atoms with Gasteiger partial charge in [0, 0.05) is 19.2 Å². The van der Waals surface area contributed by atoms with Crippen LogP contribution in [0, 0.1) is 0 Å². The summed E-state index contributed by atoms with van der Waals surface area (Å²) in [7, 11) is 1.64. The molecule has 0 unspecified atom stereocenters. The van der Waals surface area contributed by atoms with Gasteiger partial charge < -0.3 is 14.6 Å². The lowest BCUT2D eigenvalue weighted by atomic mass is 9.98. The van der Waals surface area contributed by atoms with Gasteiger partial charge in [0.15, 0.2) is 0 Å². The van der Waals surface area contributed by atoms with Crippen molar-refractivity contribution in [1.82, 2.24) is 19.8 Å². The summed E-state index contributed by atoms with van der Waals surface area (Å²) in [4.78, 5) is 19.7. The minimum Gasteiger partial charge on any atom is -0.377 e. The number of nitrogens with one attached hydrogen (secondary N) is 1. The maximum atomic E-state index is 12.6. The number of carbonyl (C=O) groups is 1. The van der Waals surface area contributed by atoms with E-state index in [0.717, 1.165) is 29.9 Å². The Morgan fingerprint density at radius 2 is 1.96 bits per heavy atom. The van der Waals surface area contributed by atoms with Crippen molar-refractivity contribution < 1.29 is 9.53 Å². The molecule has 0 aliphatic carbocycles. The zero-order chi connectivity index (χ0) is 18.6. The molecule has 1 aromatic carbocycles. The second-order valence-corrected chi connectivity index (χ2v) is 7.67. The molecule has 1 N–H and O–H groups in total. The average molecular weight is 358 g/mol. The molecule has 1 aliphatic heterocycles. The number of hydrogen-bond donors (Lipinski definition) is 1. The van der Waals surface area contributed by atoms with Gasteiger partial charge in [0.2, 0.25) is 5.91 Å². The molecule has 0 bridgehead atoms. The van der Waals surface area contributed by atoms with Gasteiger partial charge in [-0.2, -0.15) is 0 Å². The zero-order valence-corrected chi connectivity index (χ0v) is 16.1. The second-order valence-electron chi connectivity index (χ2n) is 7.67. The third-order valence-corrected chi connectivity index (χ3v) is 5.24. The third-order valence-electron chi connectivity index (χ3n) is 5.24. The Kier molecular flexibility index (Phi) is 5.94. The van der Waals surface area contributed by atoms with Crippen molar-refractivity contribution >= 4 is 16.9 Å². The Hall–Kier alpha value is -1.92. The molecule has 1 amide bonds. The molecule has 26 heavy (non-hydrogen) atoms. The number of fused-ring (bicyclic) bond motifs is 1. The molecule has 1 aromatic heterocycles. The number of imidazole rings is 1. The van der Waals surface area contributed by atoms with Gasteiger partial charge in [-0.25, -0.2) is 4.98 Å². The summed E-state index contributed by atoms with van der Waals surface area (Å²) in [6, 6.07) is 7.88. The van der Waals surface area contributed by atoms with E-state index >= 15 is 0 Å². The molecule has 6 nitrogen and oxygen atoms in total. The highest BCUT2D eigenvalue weighted by Crippen LogP contribution is 2.20. The molecule has 2 aromatic rings. The van der Waals surface area contributed by atoms with Crippen LogP contribution in [0.4, 0.5) is 0 Å². The van der Waals surface area contributed by atoms with E-state index in [9.17, 15) is 4.79 Å². The lowest BCUT2D eigenvalue weighted by Crippen LogP contribution is -2.53. The molecule has 0 saturated carbocycles. The maximum absolute atomic E-state index is 12.6. The fourth-order valence-corrected chi connectivity index (χ4v) is 3.67. The lowest BCUT2D eigenvalue weighted by molar-refractivity contribution is -0.122. The monoisotopic (exact) mass is 358 g/mol. The summed E-state index contributed by atoms with van der Waals surface area (Å²) in [6.07, 6.45) is 3.81. The third kappa shape index (κ3) is 4.24. The summed E-state index contributed by atoms with van der Waals surface area (Å²) in [5, 5.41) is 3.12. The number of amides is 1. The smallest absolute Gasteiger partial charge is 0.240 e. The number of rotatable bonds is 7. The number of ether oxygens (including phenoxy) is 1. The molecule has 1 saturated heterocycles. The number of nitrogens with zero attached hydrogens (tertiary/aromatic N) is 3. The van der Waals surface area contributed by atoms with Crippen molar-refractivity contribution in [2.45, 2.75) is 51.8 Å². The van der Waals surface area contributed by atoms with Gasteiger partial charge in [0.05, 0.1) is 11.0 Å². The van der Waals surface area contributed by atoms with Crippen LogP contribution in [-0.4, -0.2) is 52.6 Å². The standard InChI is InChI=1S/C20H30N4O2/c1-20(2,23-11-7-4-8-12-23)15-21-19(25)13-24-17-10-6-5-9-16(17)22-18(24)14-26-3/h5-6,9-10H,4,7-8,11-15H2,1-3H3,(H,21,25). The van der Waals surface area contributed by atoms with Gasteiger partial charge in [-0.1, -0.05) is 18.6 Å². The van der Waals surface area contributed by atoms with Crippen molar-refractivity contribution in [2.24, 2.45) is 0 Å². The first-order valence-corrected chi connectivity index (χ1v) is 9.46. The van der Waals surface area contributed by atoms with E-state index in [0.29, 0.717) is 13.2 Å². The summed E-state index contributed by atoms with van der Waals surface area (Å²) >= 11 is 0. The number of methoxy groups -OCH3 is 1. The van der Waals surface area contributed by atoms with E-state index in [-0.39, 0.29) is 18.0 Å². The highest BCUT2D eigenvalue weighted by molar-refractivity contribution is 5.81. The van der Waals surface area contributed by atoms with Gasteiger partial charge in [-0.05, 0) is 51.9 Å². The molecule has 142 valence electrons. The van der Waals surface area contributed by atoms with Crippen LogP contribution in [0.5, 0.6) is 0 Å². The fraction of sp³-hybridized carbons (Fsp3) is 0.600. The zero-order valence-electron chi connectivity index (χ0n) is 16.1. The molecule has 2 heterocycles. The first-order valence-electron chi connectivity index (χ1n) is 9.46. The number of hydrogen-bond acceptors (Lipinski definition) is 4. The van der Waals surface area contributed by atoms with E-state index in [1.807, 2.05) is 28.8 Å². The summed E-state index contributed by atoms with van der Waals surface area (Å²) in [5.41, 5.74) is 1.83. The highest BCUT2D eigenvalue weighted by Gasteiger charge is 2.28. The van der Waals surface area contributed by atoms with Crippen LogP contribution in [0.1, 0.15) is 38.9 Å². The number of para-hydroxylation sites is 2. The first kappa shape index (κ1) is 18.9. The Morgan fingerprint density at radius 1 is 1.23 bits per heavy atom. The average Bonchev–Trinajstić information content (AvgIpc) is 2.99. The van der Waals surface area contributed by atoms with E-state index in [4.69, 9.17) is 4.74 Å². The molecule has 3 rings (SSSR count). The molecule has 0 radical (unpaired) electrons. The number of piperidine rings is 1. The fourth-order valence-electron chi connectivity index (χ4n) is 3.67. The molecule has 0 atom stereocenters. The van der Waals surface area contributed by atoms with Gasteiger partial charge in [0.25, 0.3) is 0 Å². The van der Waals surface area contributed by atoms with Crippen LogP contribution in [0.3, 0.4) is 0 Å². The van der Waals surface area contributed by atoms with Crippen molar-refractivity contribution in [3.05, 3.63) is 30.1 Å². The molecule has 1 fully saturated rings. The van der Waals surface area contributed by atoms with E-state index < -0.39 is 0 Å². The lowest BCUT2D eigenvalue weighted by Gasteiger charge is -2.41. The Morgan fingerprint density at radius 3 is 2.69 bits per heavy atom. The number of aromatic nitrogens is 2. The van der Waals surface area contributed by atoms with Crippen LogP contribution in [-0.2, 0) is 22.7 Å². The number of benzene rings is 1. The summed E-state index contributed by atoms with van der Waals surface area (Å²) in [5.74, 6) is 0.787. The van der Waals surface area contributed by atoms with Crippen molar-refractivity contribution in [3.8, 4) is 0 Å².